The molecule has 230 valence electrons. The summed E-state index contributed by atoms with van der Waals surface area (Å²) in [5.74, 6) is -1.77. The van der Waals surface area contributed by atoms with E-state index in [1.807, 2.05) is 27.7 Å². The van der Waals surface area contributed by atoms with Crippen LogP contribution in [0.2, 0.25) is 0 Å². The molecule has 3 fully saturated rings. The molecule has 2 bridgehead atoms. The number of benzene rings is 1. The van der Waals surface area contributed by atoms with Crippen molar-refractivity contribution >= 4 is 23.4 Å². The van der Waals surface area contributed by atoms with Gasteiger partial charge in [-0.1, -0.05) is 39.8 Å². The maximum Gasteiger partial charge on any atom is 0.253 e. The molecule has 6 atom stereocenters. The first kappa shape index (κ1) is 31.8. The van der Waals surface area contributed by atoms with E-state index in [0.717, 1.165) is 6.42 Å². The van der Waals surface area contributed by atoms with Crippen molar-refractivity contribution in [3.05, 3.63) is 49.6 Å². The number of nitrogens with zero attached hydrogens (tertiary/aromatic N) is 3. The first-order valence-electron chi connectivity index (χ1n) is 15.2. The Morgan fingerprint density at radius 1 is 1.14 bits per heavy atom. The summed E-state index contributed by atoms with van der Waals surface area (Å²) in [5.41, 5.74) is -1.40. The lowest BCUT2D eigenvalue weighted by atomic mass is 9.64. The van der Waals surface area contributed by atoms with Gasteiger partial charge in [0.15, 0.2) is 0 Å². The van der Waals surface area contributed by atoms with Gasteiger partial charge in [-0.2, -0.15) is 0 Å². The topological polar surface area (TPSA) is 99.6 Å². The molecule has 1 aromatic rings. The van der Waals surface area contributed by atoms with Gasteiger partial charge in [0, 0.05) is 25.3 Å². The minimum atomic E-state index is -1.19. The summed E-state index contributed by atoms with van der Waals surface area (Å²) in [4.78, 5) is 48.7. The number of hydrogen-bond donors (Lipinski definition) is 1. The van der Waals surface area contributed by atoms with Crippen LogP contribution in [0.15, 0.2) is 49.6 Å². The predicted molar refractivity (Wildman–Crippen MR) is 162 cm³/mol. The van der Waals surface area contributed by atoms with Crippen molar-refractivity contribution in [2.45, 2.75) is 76.7 Å². The molecule has 1 aromatic carbocycles. The molecular weight excluding hydrogens is 534 g/mol. The maximum atomic E-state index is 14.8. The predicted octanol–water partition coefficient (Wildman–Crippen LogP) is 3.81. The van der Waals surface area contributed by atoms with E-state index in [0.29, 0.717) is 43.8 Å². The molecule has 2 unspecified atom stereocenters. The Bertz CT molecular complexity index is 1180. The molecule has 3 heterocycles. The van der Waals surface area contributed by atoms with Crippen LogP contribution in [-0.2, 0) is 19.1 Å². The summed E-state index contributed by atoms with van der Waals surface area (Å²) >= 11 is 0. The van der Waals surface area contributed by atoms with Crippen LogP contribution in [0.5, 0.6) is 5.75 Å². The minimum absolute atomic E-state index is 0.130. The number of fused-ring (bicyclic) bond motifs is 1. The zero-order chi connectivity index (χ0) is 30.8. The molecule has 42 heavy (non-hydrogen) atoms. The fourth-order valence-corrected chi connectivity index (χ4v) is 7.56. The van der Waals surface area contributed by atoms with Gasteiger partial charge in [0.1, 0.15) is 17.4 Å². The molecule has 3 amide bonds. The molecule has 4 rings (SSSR count). The Morgan fingerprint density at radius 2 is 1.81 bits per heavy atom. The molecule has 1 spiro atoms. The van der Waals surface area contributed by atoms with Crippen LogP contribution in [0.1, 0.15) is 53.4 Å². The second-order valence-electron chi connectivity index (χ2n) is 12.1. The molecule has 0 aromatic heterocycles. The number of rotatable bonds is 14. The zero-order valence-electron chi connectivity index (χ0n) is 25.8. The number of aliphatic hydroxyl groups excluding tert-OH is 1. The molecule has 3 aliphatic heterocycles. The zero-order valence-corrected chi connectivity index (χ0v) is 25.8. The van der Waals surface area contributed by atoms with Gasteiger partial charge < -0.3 is 29.3 Å². The molecule has 1 N–H and O–H groups in total. The third kappa shape index (κ3) is 4.94. The molecule has 9 nitrogen and oxygen atoms in total. The van der Waals surface area contributed by atoms with E-state index in [1.165, 1.54) is 0 Å². The molecular formula is C33H47N3O6. The molecule has 9 heteroatoms. The van der Waals surface area contributed by atoms with Gasteiger partial charge in [0.25, 0.3) is 5.91 Å². The summed E-state index contributed by atoms with van der Waals surface area (Å²) in [6.45, 7) is 16.4. The van der Waals surface area contributed by atoms with Crippen molar-refractivity contribution in [2.24, 2.45) is 17.8 Å². The lowest BCUT2D eigenvalue weighted by Crippen LogP contribution is -2.60. The molecule has 3 saturated heterocycles. The number of anilines is 1. The van der Waals surface area contributed by atoms with E-state index in [-0.39, 0.29) is 36.8 Å². The number of carbonyl (C=O) groups is 3. The quantitative estimate of drug-likeness (QED) is 0.336. The Labute approximate surface area is 250 Å². The number of carbonyl (C=O) groups excluding carboxylic acids is 3. The van der Waals surface area contributed by atoms with Gasteiger partial charge in [-0.05, 0) is 55.9 Å². The van der Waals surface area contributed by atoms with Crippen molar-refractivity contribution in [3.8, 4) is 5.75 Å². The Morgan fingerprint density at radius 3 is 2.33 bits per heavy atom. The van der Waals surface area contributed by atoms with Gasteiger partial charge in [-0.25, -0.2) is 0 Å². The number of aliphatic hydroxyl groups is 1. The minimum Gasteiger partial charge on any atom is -0.497 e. The maximum absolute atomic E-state index is 14.8. The Hall–Kier alpha value is -3.17. The second kappa shape index (κ2) is 12.6. The van der Waals surface area contributed by atoms with Crippen molar-refractivity contribution in [2.75, 3.05) is 38.3 Å². The van der Waals surface area contributed by atoms with Crippen molar-refractivity contribution in [3.63, 3.8) is 0 Å². The van der Waals surface area contributed by atoms with Crippen molar-refractivity contribution < 1.29 is 29.0 Å². The summed E-state index contributed by atoms with van der Waals surface area (Å²) in [7, 11) is 1.58. The normalized spacial score (nSPS) is 28.5. The summed E-state index contributed by atoms with van der Waals surface area (Å²) in [6, 6.07) is 5.52. The first-order valence-corrected chi connectivity index (χ1v) is 15.2. The van der Waals surface area contributed by atoms with Crippen LogP contribution in [0.4, 0.5) is 5.69 Å². The summed E-state index contributed by atoms with van der Waals surface area (Å²) < 4.78 is 12.3. The van der Waals surface area contributed by atoms with Gasteiger partial charge in [-0.15, -0.1) is 13.2 Å². The fraction of sp³-hybridized carbons (Fsp3) is 0.606. The molecule has 0 saturated carbocycles. The summed E-state index contributed by atoms with van der Waals surface area (Å²) in [6.07, 6.45) is 5.71. The van der Waals surface area contributed by atoms with Crippen LogP contribution in [-0.4, -0.2) is 89.3 Å². The number of likely N-dealkylation sites (tertiary alicyclic amines) is 1. The molecule has 0 radical (unpaired) electrons. The second-order valence-corrected chi connectivity index (χ2v) is 12.1. The lowest BCUT2D eigenvalue weighted by Gasteiger charge is -2.40. The van der Waals surface area contributed by atoms with Crippen molar-refractivity contribution in [1.29, 1.82) is 0 Å². The highest BCUT2D eigenvalue weighted by molar-refractivity contribution is 6.05. The average molecular weight is 582 g/mol. The third-order valence-corrected chi connectivity index (χ3v) is 9.55. The Kier molecular flexibility index (Phi) is 9.52. The number of hydrogen-bond acceptors (Lipinski definition) is 6. The molecule has 3 aliphatic rings. The number of ether oxygens (including phenoxy) is 2. The van der Waals surface area contributed by atoms with E-state index < -0.39 is 35.1 Å². The highest BCUT2D eigenvalue weighted by Crippen LogP contribution is 2.65. The van der Waals surface area contributed by atoms with Crippen LogP contribution in [0.25, 0.3) is 0 Å². The lowest BCUT2D eigenvalue weighted by molar-refractivity contribution is -0.154. The van der Waals surface area contributed by atoms with Crippen LogP contribution >= 0.6 is 0 Å². The van der Waals surface area contributed by atoms with Gasteiger partial charge in [-0.3, -0.25) is 14.4 Å². The highest BCUT2D eigenvalue weighted by atomic mass is 16.5. The smallest absolute Gasteiger partial charge is 0.253 e. The van der Waals surface area contributed by atoms with E-state index in [4.69, 9.17) is 9.47 Å². The average Bonchev–Trinajstić information content (AvgIpc) is 3.59. The van der Waals surface area contributed by atoms with Gasteiger partial charge >= 0.3 is 0 Å². The van der Waals surface area contributed by atoms with Crippen LogP contribution in [0, 0.1) is 17.8 Å². The van der Waals surface area contributed by atoms with Crippen LogP contribution in [0.3, 0.4) is 0 Å². The standard InChI is InChI=1S/C33H47N3O6/c1-8-18-34(19-9-2)29(38)26-27-30(39)36(25(21-37)22(5)6)28(33(27)17-16-32(26,11-4)42-33)31(40)35(20-10-3)23-12-14-24(41-7)15-13-23/h8,10,12-15,22,25-28,37H,1,3,9,11,16-21H2,2,4-7H3/t25-,26-,27-,28?,32+,33?/m0/s1. The van der Waals surface area contributed by atoms with E-state index in [9.17, 15) is 19.5 Å². The van der Waals surface area contributed by atoms with Gasteiger partial charge in [0.05, 0.1) is 37.2 Å². The van der Waals surface area contributed by atoms with E-state index >= 15 is 0 Å². The largest absolute Gasteiger partial charge is 0.497 e. The van der Waals surface area contributed by atoms with Crippen LogP contribution < -0.4 is 9.64 Å². The fourth-order valence-electron chi connectivity index (χ4n) is 7.56. The van der Waals surface area contributed by atoms with E-state index in [1.54, 1.807) is 58.2 Å². The Balaban J connectivity index is 1.87. The monoisotopic (exact) mass is 581 g/mol. The SMILES string of the molecule is C=CCN(CCC)C(=O)[C@@H]1[C@H]2C(=O)N([C@@H](CO)C(C)C)C(C(=O)N(CC=C)c3ccc(OC)cc3)C23CC[C@@]1(CC)O3. The molecule has 0 aliphatic carbocycles. The summed E-state index contributed by atoms with van der Waals surface area (Å²) in [5, 5.41) is 10.5. The third-order valence-electron chi connectivity index (χ3n) is 9.55. The van der Waals surface area contributed by atoms with Gasteiger partial charge in [0.2, 0.25) is 11.8 Å². The highest BCUT2D eigenvalue weighted by Gasteiger charge is 2.79. The number of methoxy groups -OCH3 is 1. The number of amides is 3. The first-order chi connectivity index (χ1) is 20.1. The van der Waals surface area contributed by atoms with Crippen molar-refractivity contribution in [1.82, 2.24) is 9.80 Å². The van der Waals surface area contributed by atoms with E-state index in [2.05, 4.69) is 13.2 Å².